The predicted molar refractivity (Wildman–Crippen MR) is 111 cm³/mol. The fourth-order valence-corrected chi connectivity index (χ4v) is 3.78. The molecule has 0 radical (unpaired) electrons. The fraction of sp³-hybridized carbons (Fsp3) is 0.238. The minimum Gasteiger partial charge on any atom is -0.367 e. The number of benzene rings is 2. The second-order valence-corrected chi connectivity index (χ2v) is 7.16. The number of hydrogen-bond donors (Lipinski definition) is 2. The zero-order chi connectivity index (χ0) is 19.5. The van der Waals surface area contributed by atoms with E-state index in [9.17, 15) is 9.59 Å². The smallest absolute Gasteiger partial charge is 0.253 e. The SMILES string of the molecule is O=C(NCC(=O)N1CCN(c2ccccc2Cl)CC1)c1c[nH]c2ccccc12. The molecule has 2 aromatic carbocycles. The van der Waals surface area contributed by atoms with Crippen LogP contribution in [0.5, 0.6) is 0 Å². The number of aromatic nitrogens is 1. The molecular formula is C21H21ClN4O2. The van der Waals surface area contributed by atoms with Gasteiger partial charge in [-0.25, -0.2) is 0 Å². The molecule has 7 heteroatoms. The molecular weight excluding hydrogens is 376 g/mol. The number of rotatable bonds is 4. The summed E-state index contributed by atoms with van der Waals surface area (Å²) in [5, 5.41) is 4.31. The summed E-state index contributed by atoms with van der Waals surface area (Å²) < 4.78 is 0. The number of nitrogens with one attached hydrogen (secondary N) is 2. The number of amides is 2. The van der Waals surface area contributed by atoms with Crippen LogP contribution in [-0.2, 0) is 4.79 Å². The number of piperazine rings is 1. The summed E-state index contributed by atoms with van der Waals surface area (Å²) in [5.41, 5.74) is 2.44. The summed E-state index contributed by atoms with van der Waals surface area (Å²) in [6.07, 6.45) is 1.67. The molecule has 1 saturated heterocycles. The molecule has 28 heavy (non-hydrogen) atoms. The van der Waals surface area contributed by atoms with E-state index in [1.807, 2.05) is 48.5 Å². The Balaban J connectivity index is 1.31. The van der Waals surface area contributed by atoms with Gasteiger partial charge in [0.2, 0.25) is 5.91 Å². The van der Waals surface area contributed by atoms with Crippen LogP contribution in [0.4, 0.5) is 5.69 Å². The van der Waals surface area contributed by atoms with Crippen molar-refractivity contribution in [3.8, 4) is 0 Å². The van der Waals surface area contributed by atoms with Crippen LogP contribution in [-0.4, -0.2) is 54.4 Å². The van der Waals surface area contributed by atoms with E-state index in [0.29, 0.717) is 36.8 Å². The van der Waals surface area contributed by atoms with Gasteiger partial charge in [-0.15, -0.1) is 0 Å². The summed E-state index contributed by atoms with van der Waals surface area (Å²) in [4.78, 5) is 32.0. The lowest BCUT2D eigenvalue weighted by Crippen LogP contribution is -2.51. The van der Waals surface area contributed by atoms with Gasteiger partial charge in [0.1, 0.15) is 0 Å². The Bertz CT molecular complexity index is 1010. The highest BCUT2D eigenvalue weighted by Gasteiger charge is 2.23. The fourth-order valence-electron chi connectivity index (χ4n) is 3.53. The maximum absolute atomic E-state index is 12.5. The van der Waals surface area contributed by atoms with E-state index in [1.54, 1.807) is 11.1 Å². The largest absolute Gasteiger partial charge is 0.367 e. The minimum atomic E-state index is -0.250. The number of aromatic amines is 1. The number of H-pyrrole nitrogens is 1. The number of hydrogen-bond acceptors (Lipinski definition) is 3. The van der Waals surface area contributed by atoms with Crippen molar-refractivity contribution in [2.75, 3.05) is 37.6 Å². The Morgan fingerprint density at radius 1 is 1.00 bits per heavy atom. The van der Waals surface area contributed by atoms with Crippen LogP contribution in [0.1, 0.15) is 10.4 Å². The molecule has 1 aliphatic heterocycles. The first-order valence-electron chi connectivity index (χ1n) is 9.25. The van der Waals surface area contributed by atoms with E-state index in [-0.39, 0.29) is 18.4 Å². The zero-order valence-electron chi connectivity index (χ0n) is 15.3. The third kappa shape index (κ3) is 3.68. The van der Waals surface area contributed by atoms with Gasteiger partial charge in [0.15, 0.2) is 0 Å². The van der Waals surface area contributed by atoms with Crippen molar-refractivity contribution >= 4 is 40.0 Å². The van der Waals surface area contributed by atoms with Gasteiger partial charge in [-0.05, 0) is 18.2 Å². The molecule has 1 aliphatic rings. The van der Waals surface area contributed by atoms with Crippen LogP contribution in [0.15, 0.2) is 54.7 Å². The Labute approximate surface area is 168 Å². The van der Waals surface area contributed by atoms with E-state index >= 15 is 0 Å². The number of carbonyl (C=O) groups is 2. The van der Waals surface area contributed by atoms with Crippen LogP contribution in [0.25, 0.3) is 10.9 Å². The highest BCUT2D eigenvalue weighted by atomic mass is 35.5. The average molecular weight is 397 g/mol. The summed E-state index contributed by atoms with van der Waals surface area (Å²) >= 11 is 6.26. The third-order valence-corrected chi connectivity index (χ3v) is 5.38. The topological polar surface area (TPSA) is 68.4 Å². The van der Waals surface area contributed by atoms with Gasteiger partial charge in [0.25, 0.3) is 5.91 Å². The lowest BCUT2D eigenvalue weighted by molar-refractivity contribution is -0.130. The molecule has 0 spiro atoms. The van der Waals surface area contributed by atoms with Crippen molar-refractivity contribution in [1.82, 2.24) is 15.2 Å². The highest BCUT2D eigenvalue weighted by Crippen LogP contribution is 2.26. The van der Waals surface area contributed by atoms with Crippen molar-refractivity contribution in [3.05, 3.63) is 65.3 Å². The number of nitrogens with zero attached hydrogens (tertiary/aromatic N) is 2. The number of anilines is 1. The molecule has 0 atom stereocenters. The summed E-state index contributed by atoms with van der Waals surface area (Å²) in [6, 6.07) is 15.3. The van der Waals surface area contributed by atoms with Crippen LogP contribution in [0.3, 0.4) is 0 Å². The molecule has 0 bridgehead atoms. The summed E-state index contributed by atoms with van der Waals surface area (Å²) in [5.74, 6) is -0.326. The highest BCUT2D eigenvalue weighted by molar-refractivity contribution is 6.33. The van der Waals surface area contributed by atoms with Crippen LogP contribution >= 0.6 is 11.6 Å². The molecule has 2 amide bonds. The van der Waals surface area contributed by atoms with E-state index in [1.165, 1.54) is 0 Å². The van der Waals surface area contributed by atoms with E-state index in [0.717, 1.165) is 16.6 Å². The molecule has 2 N–H and O–H groups in total. The van der Waals surface area contributed by atoms with Gasteiger partial charge < -0.3 is 20.1 Å². The second kappa shape index (κ2) is 7.94. The average Bonchev–Trinajstić information content (AvgIpc) is 3.16. The predicted octanol–water partition coefficient (Wildman–Crippen LogP) is 2.90. The number of fused-ring (bicyclic) bond motifs is 1. The van der Waals surface area contributed by atoms with Crippen molar-refractivity contribution in [2.45, 2.75) is 0 Å². The Morgan fingerprint density at radius 3 is 2.50 bits per heavy atom. The van der Waals surface area contributed by atoms with Crippen LogP contribution in [0, 0.1) is 0 Å². The Hall–Kier alpha value is -2.99. The normalized spacial score (nSPS) is 14.3. The molecule has 6 nitrogen and oxygen atoms in total. The van der Waals surface area contributed by atoms with E-state index in [2.05, 4.69) is 15.2 Å². The molecule has 0 aliphatic carbocycles. The van der Waals surface area contributed by atoms with E-state index < -0.39 is 0 Å². The van der Waals surface area contributed by atoms with Crippen LogP contribution < -0.4 is 10.2 Å². The quantitative estimate of drug-likeness (QED) is 0.712. The first-order valence-corrected chi connectivity index (χ1v) is 9.63. The first kappa shape index (κ1) is 18.4. The van der Waals surface area contributed by atoms with Crippen molar-refractivity contribution in [1.29, 1.82) is 0 Å². The molecule has 144 valence electrons. The number of para-hydroxylation sites is 2. The third-order valence-electron chi connectivity index (χ3n) is 5.06. The second-order valence-electron chi connectivity index (χ2n) is 6.75. The maximum Gasteiger partial charge on any atom is 0.253 e. The van der Waals surface area contributed by atoms with Gasteiger partial charge in [-0.3, -0.25) is 9.59 Å². The van der Waals surface area contributed by atoms with Gasteiger partial charge in [0.05, 0.1) is 22.8 Å². The number of carbonyl (C=O) groups excluding carboxylic acids is 2. The van der Waals surface area contributed by atoms with Gasteiger partial charge in [-0.2, -0.15) is 0 Å². The summed E-state index contributed by atoms with van der Waals surface area (Å²) in [6.45, 7) is 2.63. The van der Waals surface area contributed by atoms with Gasteiger partial charge >= 0.3 is 0 Å². The maximum atomic E-state index is 12.5. The number of halogens is 1. The Morgan fingerprint density at radius 2 is 1.71 bits per heavy atom. The lowest BCUT2D eigenvalue weighted by Gasteiger charge is -2.36. The van der Waals surface area contributed by atoms with Crippen LogP contribution in [0.2, 0.25) is 5.02 Å². The zero-order valence-corrected chi connectivity index (χ0v) is 16.1. The Kier molecular flexibility index (Phi) is 5.21. The molecule has 0 unspecified atom stereocenters. The van der Waals surface area contributed by atoms with Crippen molar-refractivity contribution < 1.29 is 9.59 Å². The molecule has 0 saturated carbocycles. The monoisotopic (exact) mass is 396 g/mol. The molecule has 2 heterocycles. The molecule has 1 fully saturated rings. The standard InChI is InChI=1S/C21H21ClN4O2/c22-17-6-2-4-8-19(17)25-9-11-26(12-10-25)20(27)14-24-21(28)16-13-23-18-7-3-1-5-15(16)18/h1-8,13,23H,9-12,14H2,(H,24,28). The first-order chi connectivity index (χ1) is 13.6. The lowest BCUT2D eigenvalue weighted by atomic mass is 10.1. The molecule has 4 rings (SSSR count). The molecule has 3 aromatic rings. The van der Waals surface area contributed by atoms with Gasteiger partial charge in [-0.1, -0.05) is 41.9 Å². The van der Waals surface area contributed by atoms with Gasteiger partial charge in [0, 0.05) is 43.3 Å². The minimum absolute atomic E-state index is 0.00949. The van der Waals surface area contributed by atoms with Crippen molar-refractivity contribution in [3.63, 3.8) is 0 Å². The van der Waals surface area contributed by atoms with Crippen molar-refractivity contribution in [2.24, 2.45) is 0 Å². The summed E-state index contributed by atoms with van der Waals surface area (Å²) in [7, 11) is 0. The van der Waals surface area contributed by atoms with E-state index in [4.69, 9.17) is 11.6 Å². The molecule has 1 aromatic heterocycles.